The highest BCUT2D eigenvalue weighted by molar-refractivity contribution is 7.88. The van der Waals surface area contributed by atoms with E-state index < -0.39 is 10.0 Å². The minimum Gasteiger partial charge on any atom is -0.213 e. The van der Waals surface area contributed by atoms with Crippen molar-refractivity contribution in [1.29, 1.82) is 0 Å². The van der Waals surface area contributed by atoms with Crippen LogP contribution in [0.1, 0.15) is 24.6 Å². The quantitative estimate of drug-likeness (QED) is 0.694. The smallest absolute Gasteiger partial charge is 0.213 e. The van der Waals surface area contributed by atoms with E-state index in [4.69, 9.17) is 0 Å². The van der Waals surface area contributed by atoms with Crippen molar-refractivity contribution >= 4 is 26.3 Å². The molecule has 0 bridgehead atoms. The Bertz CT molecular complexity index is 1000. The molecular weight excluding hydrogens is 365 g/mol. The Labute approximate surface area is 148 Å². The summed E-state index contributed by atoms with van der Waals surface area (Å²) in [4.78, 5) is 0.680. The summed E-state index contributed by atoms with van der Waals surface area (Å²) in [5.74, 6) is 0.592. The van der Waals surface area contributed by atoms with E-state index in [-0.39, 0.29) is 11.7 Å². The molecule has 1 fully saturated rings. The van der Waals surface area contributed by atoms with Crippen molar-refractivity contribution in [3.8, 4) is 10.6 Å². The van der Waals surface area contributed by atoms with E-state index in [2.05, 4.69) is 15.3 Å². The average Bonchev–Trinajstić information content (AvgIpc) is 3.15. The fraction of sp³-hybridized carbons (Fsp3) is 0.400. The molecule has 0 atom stereocenters. The second kappa shape index (κ2) is 6.11. The predicted octanol–water partition coefficient (Wildman–Crippen LogP) is 2.13. The van der Waals surface area contributed by atoms with Crippen LogP contribution in [0.25, 0.3) is 15.5 Å². The SMILES string of the molecule is CS(=O)(=O)N1CCC(c2nnc3sc(-c4ccc(F)cc4)nn23)CC1. The van der Waals surface area contributed by atoms with Gasteiger partial charge in [-0.3, -0.25) is 0 Å². The molecule has 0 saturated carbocycles. The van der Waals surface area contributed by atoms with Crippen molar-refractivity contribution in [3.05, 3.63) is 35.9 Å². The molecular formula is C15H16FN5O2S2. The first kappa shape index (κ1) is 16.6. The first-order valence-corrected chi connectivity index (χ1v) is 10.5. The molecule has 0 radical (unpaired) electrons. The molecule has 0 amide bonds. The number of sulfonamides is 1. The monoisotopic (exact) mass is 381 g/mol. The van der Waals surface area contributed by atoms with Gasteiger partial charge in [0.05, 0.1) is 6.26 Å². The highest BCUT2D eigenvalue weighted by Gasteiger charge is 2.29. The van der Waals surface area contributed by atoms with Crippen molar-refractivity contribution < 1.29 is 12.8 Å². The third kappa shape index (κ3) is 3.16. The first-order valence-electron chi connectivity index (χ1n) is 7.85. The van der Waals surface area contributed by atoms with Crippen LogP contribution in [0.5, 0.6) is 0 Å². The molecule has 1 aliphatic rings. The second-order valence-corrected chi connectivity index (χ2v) is 9.04. The lowest BCUT2D eigenvalue weighted by molar-refractivity contribution is 0.313. The normalized spacial score (nSPS) is 17.4. The maximum atomic E-state index is 13.1. The highest BCUT2D eigenvalue weighted by atomic mass is 32.2. The summed E-state index contributed by atoms with van der Waals surface area (Å²) in [6.07, 6.45) is 2.62. The van der Waals surface area contributed by atoms with E-state index in [1.54, 1.807) is 16.6 Å². The highest BCUT2D eigenvalue weighted by Crippen LogP contribution is 2.31. The Kier molecular flexibility index (Phi) is 4.05. The Balaban J connectivity index is 1.60. The van der Waals surface area contributed by atoms with Crippen molar-refractivity contribution in [2.45, 2.75) is 18.8 Å². The summed E-state index contributed by atoms with van der Waals surface area (Å²) in [7, 11) is -3.15. The lowest BCUT2D eigenvalue weighted by Crippen LogP contribution is -2.37. The van der Waals surface area contributed by atoms with Gasteiger partial charge in [0.15, 0.2) is 5.82 Å². The van der Waals surface area contributed by atoms with Crippen LogP contribution in [0.15, 0.2) is 24.3 Å². The van der Waals surface area contributed by atoms with E-state index in [1.165, 1.54) is 34.0 Å². The van der Waals surface area contributed by atoms with Crippen LogP contribution in [-0.4, -0.2) is 51.9 Å². The topological polar surface area (TPSA) is 80.5 Å². The maximum absolute atomic E-state index is 13.1. The number of piperidine rings is 1. The van der Waals surface area contributed by atoms with Gasteiger partial charge in [-0.25, -0.2) is 17.1 Å². The summed E-state index contributed by atoms with van der Waals surface area (Å²) >= 11 is 1.40. The summed E-state index contributed by atoms with van der Waals surface area (Å²) in [5.41, 5.74) is 0.828. The van der Waals surface area contributed by atoms with Gasteiger partial charge in [0.25, 0.3) is 0 Å². The van der Waals surface area contributed by atoms with E-state index in [0.717, 1.165) is 16.4 Å². The molecule has 0 N–H and O–H groups in total. The van der Waals surface area contributed by atoms with Gasteiger partial charge >= 0.3 is 0 Å². The van der Waals surface area contributed by atoms with Crippen LogP contribution >= 0.6 is 11.3 Å². The van der Waals surface area contributed by atoms with E-state index >= 15 is 0 Å². The molecule has 132 valence electrons. The Hall–Kier alpha value is -1.91. The van der Waals surface area contributed by atoms with E-state index in [9.17, 15) is 12.8 Å². The number of nitrogens with zero attached hydrogens (tertiary/aromatic N) is 5. The third-order valence-corrected chi connectivity index (χ3v) is 6.65. The molecule has 4 rings (SSSR count). The molecule has 3 heterocycles. The molecule has 1 aromatic carbocycles. The number of halogens is 1. The Morgan fingerprint density at radius 3 is 2.48 bits per heavy atom. The zero-order valence-electron chi connectivity index (χ0n) is 13.5. The number of benzene rings is 1. The summed E-state index contributed by atoms with van der Waals surface area (Å²) < 4.78 is 39.6. The number of hydrogen-bond acceptors (Lipinski definition) is 6. The predicted molar refractivity (Wildman–Crippen MR) is 92.4 cm³/mol. The average molecular weight is 381 g/mol. The zero-order valence-corrected chi connectivity index (χ0v) is 15.1. The molecule has 3 aromatic rings. The van der Waals surface area contributed by atoms with Gasteiger partial charge in [-0.15, -0.1) is 10.2 Å². The van der Waals surface area contributed by atoms with Crippen molar-refractivity contribution in [2.75, 3.05) is 19.3 Å². The van der Waals surface area contributed by atoms with Crippen molar-refractivity contribution in [1.82, 2.24) is 24.1 Å². The molecule has 0 aliphatic carbocycles. The molecule has 10 heteroatoms. The second-order valence-electron chi connectivity index (χ2n) is 6.10. The lowest BCUT2D eigenvalue weighted by atomic mass is 9.97. The van der Waals surface area contributed by atoms with E-state index in [1.807, 2.05) is 0 Å². The van der Waals surface area contributed by atoms with Gasteiger partial charge in [0, 0.05) is 24.6 Å². The maximum Gasteiger partial charge on any atom is 0.234 e. The summed E-state index contributed by atoms with van der Waals surface area (Å²) in [6.45, 7) is 0.959. The van der Waals surface area contributed by atoms with Gasteiger partial charge in [-0.2, -0.15) is 9.61 Å². The Morgan fingerprint density at radius 1 is 1.16 bits per heavy atom. The fourth-order valence-electron chi connectivity index (χ4n) is 3.04. The summed E-state index contributed by atoms with van der Waals surface area (Å²) in [5, 5.41) is 13.8. The molecule has 7 nitrogen and oxygen atoms in total. The van der Waals surface area contributed by atoms with Crippen LogP contribution in [0.4, 0.5) is 4.39 Å². The molecule has 25 heavy (non-hydrogen) atoms. The van der Waals surface area contributed by atoms with Crippen molar-refractivity contribution in [2.24, 2.45) is 0 Å². The molecule has 1 aliphatic heterocycles. The zero-order chi connectivity index (χ0) is 17.6. The van der Waals surface area contributed by atoms with Crippen LogP contribution in [0, 0.1) is 5.82 Å². The number of aromatic nitrogens is 4. The Morgan fingerprint density at radius 2 is 1.84 bits per heavy atom. The van der Waals surface area contributed by atoms with E-state index in [0.29, 0.717) is 30.9 Å². The van der Waals surface area contributed by atoms with Gasteiger partial charge in [0.1, 0.15) is 10.8 Å². The van der Waals surface area contributed by atoms with Gasteiger partial charge in [-0.1, -0.05) is 11.3 Å². The van der Waals surface area contributed by atoms with Crippen LogP contribution in [-0.2, 0) is 10.0 Å². The molecule has 0 unspecified atom stereocenters. The summed E-state index contributed by atoms with van der Waals surface area (Å²) in [6, 6.07) is 6.18. The van der Waals surface area contributed by atoms with Gasteiger partial charge in [0.2, 0.25) is 15.0 Å². The molecule has 0 spiro atoms. The lowest BCUT2D eigenvalue weighted by Gasteiger charge is -2.28. The standard InChI is InChI=1S/C15H16FN5O2S2/c1-25(22,23)20-8-6-10(7-9-20)13-17-18-15-21(13)19-14(24-15)11-2-4-12(16)5-3-11/h2-5,10H,6-9H2,1H3. The molecule has 2 aromatic heterocycles. The van der Waals surface area contributed by atoms with Crippen LogP contribution in [0.2, 0.25) is 0 Å². The van der Waals surface area contributed by atoms with Crippen LogP contribution in [0.3, 0.4) is 0 Å². The first-order chi connectivity index (χ1) is 11.9. The minimum atomic E-state index is -3.15. The number of fused-ring (bicyclic) bond motifs is 1. The van der Waals surface area contributed by atoms with Crippen molar-refractivity contribution in [3.63, 3.8) is 0 Å². The number of hydrogen-bond donors (Lipinski definition) is 0. The van der Waals surface area contributed by atoms with Gasteiger partial charge < -0.3 is 0 Å². The minimum absolute atomic E-state index is 0.121. The molecule has 1 saturated heterocycles. The largest absolute Gasteiger partial charge is 0.234 e. The number of rotatable bonds is 3. The van der Waals surface area contributed by atoms with Gasteiger partial charge in [-0.05, 0) is 37.1 Å². The fourth-order valence-corrected chi connectivity index (χ4v) is 4.77. The third-order valence-electron chi connectivity index (χ3n) is 4.39. The van der Waals surface area contributed by atoms with Crippen LogP contribution < -0.4 is 0 Å².